The number of hydrogen-bond donors (Lipinski definition) is 1. The van der Waals surface area contributed by atoms with Crippen molar-refractivity contribution in [2.75, 3.05) is 11.9 Å². The van der Waals surface area contributed by atoms with Crippen molar-refractivity contribution < 1.29 is 0 Å². The van der Waals surface area contributed by atoms with E-state index in [-0.39, 0.29) is 0 Å². The first-order chi connectivity index (χ1) is 5.84. The van der Waals surface area contributed by atoms with Gasteiger partial charge in [0.25, 0.3) is 0 Å². The Kier molecular flexibility index (Phi) is 3.25. The summed E-state index contributed by atoms with van der Waals surface area (Å²) in [5.41, 5.74) is 0. The van der Waals surface area contributed by atoms with Gasteiger partial charge in [0.1, 0.15) is 0 Å². The zero-order valence-electron chi connectivity index (χ0n) is 7.36. The summed E-state index contributed by atoms with van der Waals surface area (Å²) in [6, 6.07) is 0. The van der Waals surface area contributed by atoms with Crippen molar-refractivity contribution in [2.45, 2.75) is 13.3 Å². The fraction of sp³-hybridized carbons (Fsp3) is 0.571. The molecule has 5 nitrogen and oxygen atoms in total. The molecule has 0 aromatic carbocycles. The highest BCUT2D eigenvalue weighted by atomic mass is 15.6. The normalized spacial score (nSPS) is 10.8. The number of allylic oxidation sites excluding steroid dienone is 1. The van der Waals surface area contributed by atoms with Crippen LogP contribution in [0, 0.1) is 0 Å². The predicted octanol–water partition coefficient (Wildman–Crippen LogP) is 0.588. The van der Waals surface area contributed by atoms with Gasteiger partial charge in [-0.1, -0.05) is 24.2 Å². The molecule has 1 aromatic heterocycles. The number of nitrogens with zero attached hydrogens (tertiary/aromatic N) is 4. The quantitative estimate of drug-likeness (QED) is 0.667. The summed E-state index contributed by atoms with van der Waals surface area (Å²) in [6.07, 6.45) is 5.20. The van der Waals surface area contributed by atoms with Gasteiger partial charge < -0.3 is 5.32 Å². The minimum Gasteiger partial charge on any atom is -0.350 e. The molecule has 0 atom stereocenters. The highest BCUT2D eigenvalue weighted by molar-refractivity contribution is 5.22. The van der Waals surface area contributed by atoms with Crippen LogP contribution in [0.25, 0.3) is 0 Å². The van der Waals surface area contributed by atoms with E-state index in [4.69, 9.17) is 0 Å². The van der Waals surface area contributed by atoms with Gasteiger partial charge in [-0.2, -0.15) is 0 Å². The Balaban J connectivity index is 2.33. The molecule has 12 heavy (non-hydrogen) atoms. The number of aromatic nitrogens is 4. The second-order valence-corrected chi connectivity index (χ2v) is 2.39. The molecule has 0 bridgehead atoms. The SMILES string of the molecule is CC/C=C/CNc1nnnn1C. The van der Waals surface area contributed by atoms with Crippen molar-refractivity contribution in [1.82, 2.24) is 20.2 Å². The Bertz CT molecular complexity index is 252. The fourth-order valence-electron chi connectivity index (χ4n) is 0.779. The van der Waals surface area contributed by atoms with Gasteiger partial charge in [-0.05, 0) is 16.8 Å². The summed E-state index contributed by atoms with van der Waals surface area (Å²) in [6.45, 7) is 2.86. The van der Waals surface area contributed by atoms with Crippen LogP contribution in [0.15, 0.2) is 12.2 Å². The molecule has 0 aliphatic heterocycles. The maximum Gasteiger partial charge on any atom is 0.242 e. The smallest absolute Gasteiger partial charge is 0.242 e. The fourth-order valence-corrected chi connectivity index (χ4v) is 0.779. The largest absolute Gasteiger partial charge is 0.350 e. The standard InChI is InChI=1S/C7H13N5/c1-3-4-5-6-8-7-9-10-11-12(7)2/h4-5H,3,6H2,1-2H3,(H,8,9,11)/b5-4+. The molecule has 0 radical (unpaired) electrons. The third-order valence-electron chi connectivity index (χ3n) is 1.40. The Labute approximate surface area is 71.5 Å². The van der Waals surface area contributed by atoms with Gasteiger partial charge in [0.2, 0.25) is 5.95 Å². The monoisotopic (exact) mass is 167 g/mol. The molecule has 0 fully saturated rings. The van der Waals surface area contributed by atoms with E-state index in [2.05, 4.69) is 39.9 Å². The Morgan fingerprint density at radius 2 is 2.33 bits per heavy atom. The molecule has 0 spiro atoms. The van der Waals surface area contributed by atoms with Gasteiger partial charge in [0.15, 0.2) is 0 Å². The van der Waals surface area contributed by atoms with Gasteiger partial charge in [-0.15, -0.1) is 0 Å². The van der Waals surface area contributed by atoms with Crippen molar-refractivity contribution in [3.8, 4) is 0 Å². The molecule has 0 aliphatic carbocycles. The summed E-state index contributed by atoms with van der Waals surface area (Å²) in [4.78, 5) is 0. The molecule has 0 saturated carbocycles. The Morgan fingerprint density at radius 3 is 2.92 bits per heavy atom. The average Bonchev–Trinajstić information content (AvgIpc) is 2.46. The molecule has 66 valence electrons. The second kappa shape index (κ2) is 4.48. The lowest BCUT2D eigenvalue weighted by molar-refractivity contribution is 0.713. The van der Waals surface area contributed by atoms with E-state index in [9.17, 15) is 0 Å². The van der Waals surface area contributed by atoms with Crippen molar-refractivity contribution >= 4 is 5.95 Å². The lowest BCUT2D eigenvalue weighted by atomic mass is 10.4. The lowest BCUT2D eigenvalue weighted by Crippen LogP contribution is -2.05. The molecule has 0 unspecified atom stereocenters. The minimum atomic E-state index is 0.691. The van der Waals surface area contributed by atoms with Gasteiger partial charge in [-0.3, -0.25) is 0 Å². The number of rotatable bonds is 4. The summed E-state index contributed by atoms with van der Waals surface area (Å²) < 4.78 is 1.60. The maximum absolute atomic E-state index is 3.77. The topological polar surface area (TPSA) is 55.6 Å². The van der Waals surface area contributed by atoms with Crippen LogP contribution in [-0.4, -0.2) is 26.8 Å². The van der Waals surface area contributed by atoms with Crippen LogP contribution >= 0.6 is 0 Å². The van der Waals surface area contributed by atoms with Crippen molar-refractivity contribution in [1.29, 1.82) is 0 Å². The summed E-state index contributed by atoms with van der Waals surface area (Å²) >= 11 is 0. The summed E-state index contributed by atoms with van der Waals surface area (Å²) in [5, 5.41) is 14.0. The molecule has 0 saturated heterocycles. The number of tetrazole rings is 1. The van der Waals surface area contributed by atoms with E-state index in [0.717, 1.165) is 13.0 Å². The molecule has 5 heteroatoms. The Hall–Kier alpha value is -1.39. The van der Waals surface area contributed by atoms with E-state index < -0.39 is 0 Å². The summed E-state index contributed by atoms with van der Waals surface area (Å²) in [5.74, 6) is 0.691. The predicted molar refractivity (Wildman–Crippen MR) is 46.7 cm³/mol. The summed E-state index contributed by atoms with van der Waals surface area (Å²) in [7, 11) is 1.80. The van der Waals surface area contributed by atoms with Crippen molar-refractivity contribution in [3.63, 3.8) is 0 Å². The van der Waals surface area contributed by atoms with Crippen LogP contribution < -0.4 is 5.32 Å². The molecule has 0 aliphatic rings. The third-order valence-corrected chi connectivity index (χ3v) is 1.40. The Morgan fingerprint density at radius 1 is 1.50 bits per heavy atom. The maximum atomic E-state index is 3.77. The third kappa shape index (κ3) is 2.34. The number of anilines is 1. The molecule has 1 N–H and O–H groups in total. The molecular formula is C7H13N5. The molecule has 1 heterocycles. The van der Waals surface area contributed by atoms with E-state index in [1.54, 1.807) is 11.7 Å². The second-order valence-electron chi connectivity index (χ2n) is 2.39. The van der Waals surface area contributed by atoms with Crippen LogP contribution in [0.2, 0.25) is 0 Å². The van der Waals surface area contributed by atoms with Gasteiger partial charge in [0.05, 0.1) is 0 Å². The molecule has 1 aromatic rings. The van der Waals surface area contributed by atoms with E-state index >= 15 is 0 Å². The van der Waals surface area contributed by atoms with Crippen molar-refractivity contribution in [3.05, 3.63) is 12.2 Å². The highest BCUT2D eigenvalue weighted by Crippen LogP contribution is 1.94. The van der Waals surface area contributed by atoms with E-state index in [0.29, 0.717) is 5.95 Å². The van der Waals surface area contributed by atoms with Crippen LogP contribution in [0.5, 0.6) is 0 Å². The van der Waals surface area contributed by atoms with Crippen LogP contribution in [-0.2, 0) is 7.05 Å². The minimum absolute atomic E-state index is 0.691. The van der Waals surface area contributed by atoms with Crippen molar-refractivity contribution in [2.24, 2.45) is 7.05 Å². The first kappa shape index (κ1) is 8.70. The van der Waals surface area contributed by atoms with Crippen LogP contribution in [0.3, 0.4) is 0 Å². The first-order valence-corrected chi connectivity index (χ1v) is 3.95. The highest BCUT2D eigenvalue weighted by Gasteiger charge is 1.96. The zero-order chi connectivity index (χ0) is 8.81. The number of hydrogen-bond acceptors (Lipinski definition) is 4. The molecule has 0 amide bonds. The first-order valence-electron chi connectivity index (χ1n) is 3.95. The number of aryl methyl sites for hydroxylation is 1. The average molecular weight is 167 g/mol. The zero-order valence-corrected chi connectivity index (χ0v) is 7.36. The van der Waals surface area contributed by atoms with Gasteiger partial charge in [0, 0.05) is 13.6 Å². The van der Waals surface area contributed by atoms with Crippen LogP contribution in [0.1, 0.15) is 13.3 Å². The van der Waals surface area contributed by atoms with Gasteiger partial charge >= 0.3 is 0 Å². The molecular weight excluding hydrogens is 154 g/mol. The van der Waals surface area contributed by atoms with Gasteiger partial charge in [-0.25, -0.2) is 4.68 Å². The van der Waals surface area contributed by atoms with Crippen LogP contribution in [0.4, 0.5) is 5.95 Å². The van der Waals surface area contributed by atoms with E-state index in [1.165, 1.54) is 0 Å². The lowest BCUT2D eigenvalue weighted by Gasteiger charge is -1.98. The molecule has 1 rings (SSSR count). The number of nitrogens with one attached hydrogen (secondary N) is 1. The van der Waals surface area contributed by atoms with E-state index in [1.807, 2.05) is 0 Å².